The predicted molar refractivity (Wildman–Crippen MR) is 90.9 cm³/mol. The fraction of sp³-hybridized carbons (Fsp3) is 0.579. The van der Waals surface area contributed by atoms with Crippen molar-refractivity contribution in [2.24, 2.45) is 5.92 Å². The second kappa shape index (κ2) is 7.62. The Morgan fingerprint density at radius 3 is 2.57 bits per heavy atom. The summed E-state index contributed by atoms with van der Waals surface area (Å²) in [6.07, 6.45) is 4.98. The maximum absolute atomic E-state index is 12.7. The van der Waals surface area contributed by atoms with Gasteiger partial charge >= 0.3 is 0 Å². The number of carbonyl (C=O) groups is 2. The van der Waals surface area contributed by atoms with Gasteiger partial charge in [0.15, 0.2) is 5.78 Å². The molecule has 1 aliphatic rings. The van der Waals surface area contributed by atoms with Crippen LogP contribution >= 0.6 is 0 Å². The van der Waals surface area contributed by atoms with Crippen molar-refractivity contribution in [2.75, 3.05) is 14.2 Å². The Morgan fingerprint density at radius 1 is 1.26 bits per heavy atom. The minimum absolute atomic E-state index is 0.00407. The van der Waals surface area contributed by atoms with E-state index in [1.54, 1.807) is 25.3 Å². The third-order valence-corrected chi connectivity index (χ3v) is 4.99. The first kappa shape index (κ1) is 17.5. The number of benzene rings is 1. The number of likely N-dealkylation sites (N-methyl/N-ethyl adjacent to an activating group) is 1. The van der Waals surface area contributed by atoms with Gasteiger partial charge in [-0.3, -0.25) is 9.59 Å². The van der Waals surface area contributed by atoms with Crippen LogP contribution in [0.2, 0.25) is 0 Å². The van der Waals surface area contributed by atoms with Gasteiger partial charge in [0, 0.05) is 24.2 Å². The lowest BCUT2D eigenvalue weighted by molar-refractivity contribution is -0.132. The van der Waals surface area contributed by atoms with Crippen molar-refractivity contribution in [1.29, 1.82) is 0 Å². The van der Waals surface area contributed by atoms with Crippen LogP contribution in [-0.2, 0) is 11.2 Å². The molecule has 1 aromatic rings. The number of ketones is 1. The quantitative estimate of drug-likeness (QED) is 0.781. The van der Waals surface area contributed by atoms with Crippen LogP contribution in [0.4, 0.5) is 0 Å². The zero-order valence-corrected chi connectivity index (χ0v) is 14.6. The Labute approximate surface area is 138 Å². The molecule has 0 spiro atoms. The van der Waals surface area contributed by atoms with Crippen molar-refractivity contribution in [3.8, 4) is 5.75 Å². The Bertz CT molecular complexity index is 582. The third kappa shape index (κ3) is 4.12. The fourth-order valence-corrected chi connectivity index (χ4v) is 3.48. The first-order valence-corrected chi connectivity index (χ1v) is 8.37. The van der Waals surface area contributed by atoms with E-state index in [-0.39, 0.29) is 18.1 Å². The summed E-state index contributed by atoms with van der Waals surface area (Å²) < 4.78 is 5.35. The highest BCUT2D eigenvalue weighted by molar-refractivity contribution is 5.94. The topological polar surface area (TPSA) is 46.6 Å². The SMILES string of the molecule is COc1ccc(C(C)=O)cc1CC(=O)N(C)C1CCCCC1C. The van der Waals surface area contributed by atoms with Crippen molar-refractivity contribution in [2.45, 2.75) is 52.0 Å². The average Bonchev–Trinajstić information content (AvgIpc) is 2.54. The van der Waals surface area contributed by atoms with E-state index in [2.05, 4.69) is 6.92 Å². The normalized spacial score (nSPS) is 20.9. The van der Waals surface area contributed by atoms with Crippen LogP contribution in [0, 0.1) is 5.92 Å². The van der Waals surface area contributed by atoms with Crippen molar-refractivity contribution in [3.05, 3.63) is 29.3 Å². The first-order valence-electron chi connectivity index (χ1n) is 8.37. The number of hydrogen-bond acceptors (Lipinski definition) is 3. The van der Waals surface area contributed by atoms with Gasteiger partial charge in [0.2, 0.25) is 5.91 Å². The predicted octanol–water partition coefficient (Wildman–Crippen LogP) is 3.48. The highest BCUT2D eigenvalue weighted by atomic mass is 16.5. The highest BCUT2D eigenvalue weighted by Crippen LogP contribution is 2.28. The van der Waals surface area contributed by atoms with Crippen molar-refractivity contribution < 1.29 is 14.3 Å². The number of methoxy groups -OCH3 is 1. The minimum atomic E-state index is -0.00407. The van der Waals surface area contributed by atoms with Gasteiger partial charge in [-0.25, -0.2) is 0 Å². The summed E-state index contributed by atoms with van der Waals surface area (Å²) in [5.74, 6) is 1.29. The molecule has 2 unspecified atom stereocenters. The molecule has 0 saturated heterocycles. The molecular weight excluding hydrogens is 290 g/mol. The molecule has 0 aromatic heterocycles. The summed E-state index contributed by atoms with van der Waals surface area (Å²) >= 11 is 0. The average molecular weight is 317 g/mol. The van der Waals surface area contributed by atoms with Gasteiger partial charge in [-0.05, 0) is 43.9 Å². The van der Waals surface area contributed by atoms with Crippen LogP contribution < -0.4 is 4.74 Å². The molecule has 4 nitrogen and oxygen atoms in total. The van der Waals surface area contributed by atoms with Gasteiger partial charge in [-0.1, -0.05) is 19.8 Å². The molecule has 1 fully saturated rings. The van der Waals surface area contributed by atoms with E-state index in [0.717, 1.165) is 12.0 Å². The van der Waals surface area contributed by atoms with E-state index in [4.69, 9.17) is 4.74 Å². The van der Waals surface area contributed by atoms with Gasteiger partial charge < -0.3 is 9.64 Å². The number of carbonyl (C=O) groups excluding carboxylic acids is 2. The first-order chi connectivity index (χ1) is 10.9. The molecule has 4 heteroatoms. The van der Waals surface area contributed by atoms with E-state index >= 15 is 0 Å². The van der Waals surface area contributed by atoms with E-state index in [1.807, 2.05) is 11.9 Å². The Hall–Kier alpha value is -1.84. The molecule has 1 aliphatic carbocycles. The second-order valence-corrected chi connectivity index (χ2v) is 6.59. The van der Waals surface area contributed by atoms with Crippen molar-refractivity contribution >= 4 is 11.7 Å². The lowest BCUT2D eigenvalue weighted by Crippen LogP contribution is -2.43. The molecule has 0 heterocycles. The Balaban J connectivity index is 2.15. The number of hydrogen-bond donors (Lipinski definition) is 0. The molecule has 23 heavy (non-hydrogen) atoms. The molecule has 1 saturated carbocycles. The Morgan fingerprint density at radius 2 is 1.96 bits per heavy atom. The van der Waals surface area contributed by atoms with Gasteiger partial charge in [-0.15, -0.1) is 0 Å². The summed E-state index contributed by atoms with van der Waals surface area (Å²) in [5.41, 5.74) is 1.39. The van der Waals surface area contributed by atoms with Crippen LogP contribution in [-0.4, -0.2) is 36.8 Å². The fourth-order valence-electron chi connectivity index (χ4n) is 3.48. The van der Waals surface area contributed by atoms with Crippen LogP contribution in [0.3, 0.4) is 0 Å². The lowest BCUT2D eigenvalue weighted by atomic mass is 9.85. The Kier molecular flexibility index (Phi) is 5.80. The highest BCUT2D eigenvalue weighted by Gasteiger charge is 2.28. The molecule has 1 aromatic carbocycles. The largest absolute Gasteiger partial charge is 0.496 e. The van der Waals surface area contributed by atoms with Crippen LogP contribution in [0.5, 0.6) is 5.75 Å². The van der Waals surface area contributed by atoms with Crippen LogP contribution in [0.25, 0.3) is 0 Å². The van der Waals surface area contributed by atoms with Gasteiger partial charge in [0.1, 0.15) is 5.75 Å². The molecular formula is C19H27NO3. The molecule has 1 amide bonds. The molecule has 0 aliphatic heterocycles. The summed E-state index contributed by atoms with van der Waals surface area (Å²) in [6.45, 7) is 3.76. The number of rotatable bonds is 5. The molecule has 2 rings (SSSR count). The standard InChI is InChI=1S/C19H27NO3/c1-13-7-5-6-8-17(13)20(3)19(22)12-16-11-15(14(2)21)9-10-18(16)23-4/h9-11,13,17H,5-8,12H2,1-4H3. The molecule has 0 radical (unpaired) electrons. The second-order valence-electron chi connectivity index (χ2n) is 6.59. The summed E-state index contributed by atoms with van der Waals surface area (Å²) in [6, 6.07) is 5.60. The molecule has 0 bridgehead atoms. The number of Topliss-reactive ketones (excluding diaryl/α,β-unsaturated/α-hetero) is 1. The van der Waals surface area contributed by atoms with E-state index in [0.29, 0.717) is 23.3 Å². The van der Waals surface area contributed by atoms with Gasteiger partial charge in [-0.2, -0.15) is 0 Å². The molecule has 0 N–H and O–H groups in total. The number of ether oxygens (including phenoxy) is 1. The summed E-state index contributed by atoms with van der Waals surface area (Å²) in [7, 11) is 3.49. The third-order valence-electron chi connectivity index (χ3n) is 4.99. The van der Waals surface area contributed by atoms with Gasteiger partial charge in [0.05, 0.1) is 13.5 Å². The van der Waals surface area contributed by atoms with E-state index < -0.39 is 0 Å². The summed E-state index contributed by atoms with van der Waals surface area (Å²) in [5, 5.41) is 0. The number of amides is 1. The molecule has 126 valence electrons. The monoisotopic (exact) mass is 317 g/mol. The van der Waals surface area contributed by atoms with E-state index in [9.17, 15) is 9.59 Å². The zero-order chi connectivity index (χ0) is 17.0. The van der Waals surface area contributed by atoms with Gasteiger partial charge in [0.25, 0.3) is 0 Å². The lowest BCUT2D eigenvalue weighted by Gasteiger charge is -2.36. The maximum Gasteiger partial charge on any atom is 0.227 e. The van der Waals surface area contributed by atoms with Crippen molar-refractivity contribution in [1.82, 2.24) is 4.90 Å². The number of nitrogens with zero attached hydrogens (tertiary/aromatic N) is 1. The maximum atomic E-state index is 12.7. The van der Waals surface area contributed by atoms with Crippen molar-refractivity contribution in [3.63, 3.8) is 0 Å². The smallest absolute Gasteiger partial charge is 0.227 e. The zero-order valence-electron chi connectivity index (χ0n) is 14.6. The summed E-state index contributed by atoms with van der Waals surface area (Å²) in [4.78, 5) is 26.2. The van der Waals surface area contributed by atoms with E-state index in [1.165, 1.54) is 26.2 Å². The van der Waals surface area contributed by atoms with Crippen LogP contribution in [0.15, 0.2) is 18.2 Å². The van der Waals surface area contributed by atoms with Crippen LogP contribution in [0.1, 0.15) is 55.5 Å². The molecule has 2 atom stereocenters. The minimum Gasteiger partial charge on any atom is -0.496 e.